The number of amides is 2. The first-order valence-electron chi connectivity index (χ1n) is 11.0. The number of urea groups is 1. The van der Waals surface area contributed by atoms with Crippen LogP contribution in [0.15, 0.2) is 60.9 Å². The van der Waals surface area contributed by atoms with E-state index in [9.17, 15) is 9.59 Å². The van der Waals surface area contributed by atoms with E-state index in [0.29, 0.717) is 49.1 Å². The molecular weight excluding hydrogens is 456 g/mol. The second-order valence-electron chi connectivity index (χ2n) is 7.87. The number of nitrogens with one attached hydrogen (secondary N) is 1. The van der Waals surface area contributed by atoms with Crippen LogP contribution >= 0.6 is 11.6 Å². The molecule has 0 saturated carbocycles. The largest absolute Gasteiger partial charge is 0.465 e. The molecule has 0 unspecified atom stereocenters. The molecule has 1 fully saturated rings. The predicted octanol–water partition coefficient (Wildman–Crippen LogP) is 4.34. The van der Waals surface area contributed by atoms with Crippen molar-refractivity contribution in [3.8, 4) is 17.1 Å². The minimum Gasteiger partial charge on any atom is -0.465 e. The molecule has 2 aromatic carbocycles. The number of halogens is 1. The van der Waals surface area contributed by atoms with Crippen LogP contribution in [-0.2, 0) is 11.3 Å². The fourth-order valence-electron chi connectivity index (χ4n) is 3.77. The number of piperidine rings is 1. The van der Waals surface area contributed by atoms with E-state index in [0.717, 1.165) is 16.7 Å². The van der Waals surface area contributed by atoms with Gasteiger partial charge >= 0.3 is 18.0 Å². The summed E-state index contributed by atoms with van der Waals surface area (Å²) in [6, 6.07) is 14.7. The number of hydrogen-bond acceptors (Lipinski definition) is 6. The Morgan fingerprint density at radius 1 is 1.06 bits per heavy atom. The third kappa shape index (κ3) is 5.82. The molecule has 4 rings (SSSR count). The van der Waals surface area contributed by atoms with Crippen LogP contribution in [0.3, 0.4) is 0 Å². The van der Waals surface area contributed by atoms with Crippen LogP contribution in [0.4, 0.5) is 4.79 Å². The number of carbonyl (C=O) groups is 2. The second-order valence-corrected chi connectivity index (χ2v) is 8.28. The lowest BCUT2D eigenvalue weighted by molar-refractivity contribution is 0.0600. The van der Waals surface area contributed by atoms with Gasteiger partial charge in [-0.2, -0.15) is 0 Å². The maximum Gasteiger partial charge on any atom is 0.337 e. The van der Waals surface area contributed by atoms with Gasteiger partial charge in [-0.3, -0.25) is 0 Å². The molecule has 34 heavy (non-hydrogen) atoms. The van der Waals surface area contributed by atoms with Crippen LogP contribution in [0, 0.1) is 0 Å². The van der Waals surface area contributed by atoms with E-state index in [2.05, 4.69) is 15.3 Å². The highest BCUT2D eigenvalue weighted by atomic mass is 35.5. The lowest BCUT2D eigenvalue weighted by Crippen LogP contribution is -2.46. The number of benzene rings is 2. The molecule has 8 nitrogen and oxygen atoms in total. The molecule has 0 atom stereocenters. The molecular formula is C25H25ClN4O4. The van der Waals surface area contributed by atoms with Gasteiger partial charge in [0.15, 0.2) is 0 Å². The third-order valence-electron chi connectivity index (χ3n) is 5.64. The van der Waals surface area contributed by atoms with Crippen LogP contribution in [0.1, 0.15) is 28.8 Å². The van der Waals surface area contributed by atoms with E-state index >= 15 is 0 Å². The van der Waals surface area contributed by atoms with Gasteiger partial charge in [-0.05, 0) is 41.0 Å². The number of esters is 1. The topological polar surface area (TPSA) is 93.7 Å². The Labute approximate surface area is 202 Å². The second kappa shape index (κ2) is 11.0. The van der Waals surface area contributed by atoms with E-state index in [-0.39, 0.29) is 12.1 Å². The number of carbonyl (C=O) groups excluding carboxylic acids is 2. The van der Waals surface area contributed by atoms with Gasteiger partial charge in [0.05, 0.1) is 12.7 Å². The first-order valence-corrected chi connectivity index (χ1v) is 11.3. The van der Waals surface area contributed by atoms with Crippen molar-refractivity contribution in [2.45, 2.75) is 25.5 Å². The molecule has 1 N–H and O–H groups in total. The minimum atomic E-state index is -0.392. The highest BCUT2D eigenvalue weighted by molar-refractivity contribution is 6.31. The highest BCUT2D eigenvalue weighted by Gasteiger charge is 2.24. The molecule has 176 valence electrons. The number of likely N-dealkylation sites (tertiary alicyclic amines) is 1. The molecule has 0 radical (unpaired) electrons. The Morgan fingerprint density at radius 3 is 2.50 bits per heavy atom. The van der Waals surface area contributed by atoms with Crippen molar-refractivity contribution in [2.24, 2.45) is 0 Å². The number of rotatable bonds is 6. The lowest BCUT2D eigenvalue weighted by atomic mass is 10.0. The van der Waals surface area contributed by atoms with Gasteiger partial charge < -0.3 is 19.7 Å². The maximum atomic E-state index is 12.6. The normalized spacial score (nSPS) is 13.9. The summed E-state index contributed by atoms with van der Waals surface area (Å²) in [5.41, 5.74) is 3.00. The molecule has 0 aliphatic carbocycles. The number of ether oxygens (including phenoxy) is 2. The monoisotopic (exact) mass is 480 g/mol. The SMILES string of the molecule is COC(=O)c1cccc(-c2ccc(CNC(=O)N3CCC(Oc4ncccn4)CC3)c(Cl)c2)c1. The van der Waals surface area contributed by atoms with Crippen LogP contribution < -0.4 is 10.1 Å². The van der Waals surface area contributed by atoms with Crippen molar-refractivity contribution >= 4 is 23.6 Å². The summed E-state index contributed by atoms with van der Waals surface area (Å²) < 4.78 is 10.6. The Morgan fingerprint density at radius 2 is 1.79 bits per heavy atom. The van der Waals surface area contributed by atoms with Gasteiger partial charge in [-0.25, -0.2) is 19.6 Å². The zero-order valence-electron chi connectivity index (χ0n) is 18.7. The van der Waals surface area contributed by atoms with Crippen molar-refractivity contribution in [3.63, 3.8) is 0 Å². The lowest BCUT2D eigenvalue weighted by Gasteiger charge is -2.31. The van der Waals surface area contributed by atoms with Gasteiger partial charge in [0.2, 0.25) is 0 Å². The number of hydrogen-bond donors (Lipinski definition) is 1. The zero-order valence-corrected chi connectivity index (χ0v) is 19.5. The summed E-state index contributed by atoms with van der Waals surface area (Å²) in [5.74, 6) is -0.392. The van der Waals surface area contributed by atoms with E-state index in [4.69, 9.17) is 21.1 Å². The molecule has 1 aliphatic heterocycles. The van der Waals surface area contributed by atoms with Crippen LogP contribution in [0.25, 0.3) is 11.1 Å². The van der Waals surface area contributed by atoms with Crippen LogP contribution in [0.5, 0.6) is 6.01 Å². The van der Waals surface area contributed by atoms with Crippen LogP contribution in [-0.4, -0.2) is 53.2 Å². The molecule has 1 aromatic heterocycles. The Bertz CT molecular complexity index is 1150. The smallest absolute Gasteiger partial charge is 0.337 e. The summed E-state index contributed by atoms with van der Waals surface area (Å²) in [6.45, 7) is 1.49. The van der Waals surface area contributed by atoms with Crippen molar-refractivity contribution in [2.75, 3.05) is 20.2 Å². The molecule has 0 bridgehead atoms. The first-order chi connectivity index (χ1) is 16.5. The summed E-state index contributed by atoms with van der Waals surface area (Å²) in [5, 5.41) is 3.48. The highest BCUT2D eigenvalue weighted by Crippen LogP contribution is 2.27. The van der Waals surface area contributed by atoms with Crippen molar-refractivity contribution in [3.05, 3.63) is 77.1 Å². The Kier molecular flexibility index (Phi) is 7.59. The van der Waals surface area contributed by atoms with Gasteiger partial charge in [0.25, 0.3) is 0 Å². The quantitative estimate of drug-likeness (QED) is 0.527. The average Bonchev–Trinajstić information content (AvgIpc) is 2.88. The van der Waals surface area contributed by atoms with E-state index < -0.39 is 5.97 Å². The Balaban J connectivity index is 1.30. The van der Waals surface area contributed by atoms with E-state index in [1.165, 1.54) is 7.11 Å². The molecule has 2 amide bonds. The third-order valence-corrected chi connectivity index (χ3v) is 6.00. The van der Waals surface area contributed by atoms with Gasteiger partial charge in [-0.1, -0.05) is 35.9 Å². The molecule has 3 aromatic rings. The predicted molar refractivity (Wildman–Crippen MR) is 128 cm³/mol. The number of methoxy groups -OCH3 is 1. The van der Waals surface area contributed by atoms with E-state index in [1.807, 2.05) is 24.3 Å². The number of nitrogens with zero attached hydrogens (tertiary/aromatic N) is 3. The van der Waals surface area contributed by atoms with Crippen molar-refractivity contribution < 1.29 is 19.1 Å². The van der Waals surface area contributed by atoms with Gasteiger partial charge in [-0.15, -0.1) is 0 Å². The summed E-state index contributed by atoms with van der Waals surface area (Å²) in [7, 11) is 1.35. The van der Waals surface area contributed by atoms with Crippen molar-refractivity contribution in [1.82, 2.24) is 20.2 Å². The number of aromatic nitrogens is 2. The fourth-order valence-corrected chi connectivity index (χ4v) is 4.02. The summed E-state index contributed by atoms with van der Waals surface area (Å²) in [4.78, 5) is 34.4. The minimum absolute atomic E-state index is 0.00822. The maximum absolute atomic E-state index is 12.6. The molecule has 1 saturated heterocycles. The summed E-state index contributed by atoms with van der Waals surface area (Å²) in [6.07, 6.45) is 4.70. The molecule has 0 spiro atoms. The zero-order chi connectivity index (χ0) is 23.9. The van der Waals surface area contributed by atoms with Crippen LogP contribution in [0.2, 0.25) is 5.02 Å². The molecule has 9 heteroatoms. The molecule has 2 heterocycles. The summed E-state index contributed by atoms with van der Waals surface area (Å²) >= 11 is 6.49. The average molecular weight is 481 g/mol. The van der Waals surface area contributed by atoms with Gasteiger partial charge in [0.1, 0.15) is 6.10 Å². The van der Waals surface area contributed by atoms with E-state index in [1.54, 1.807) is 41.6 Å². The van der Waals surface area contributed by atoms with Gasteiger partial charge in [0, 0.05) is 49.9 Å². The first kappa shape index (κ1) is 23.5. The fraction of sp³-hybridized carbons (Fsp3) is 0.280. The van der Waals surface area contributed by atoms with Crippen molar-refractivity contribution in [1.29, 1.82) is 0 Å². The Hall–Kier alpha value is -3.65. The standard InChI is InChI=1S/C25H25ClN4O4/c1-33-23(31)19-5-2-4-17(14-19)18-6-7-20(22(26)15-18)16-29-25(32)30-12-8-21(9-13-30)34-24-27-10-3-11-28-24/h2-7,10-11,14-15,21H,8-9,12-13,16H2,1H3,(H,29,32). The molecule has 1 aliphatic rings.